The maximum atomic E-state index is 5.38. The predicted molar refractivity (Wildman–Crippen MR) is 94.8 cm³/mol. The van der Waals surface area contributed by atoms with Crippen LogP contribution in [0.5, 0.6) is 5.75 Å². The third kappa shape index (κ3) is 3.71. The highest BCUT2D eigenvalue weighted by molar-refractivity contribution is 7.98. The minimum atomic E-state index is 0.808. The average molecular weight is 322 g/mol. The topological polar surface area (TPSA) is 35.0 Å². The second-order valence-electron chi connectivity index (χ2n) is 5.17. The molecule has 0 aliphatic rings. The summed E-state index contributed by atoms with van der Waals surface area (Å²) in [5.74, 6) is 1.71. The lowest BCUT2D eigenvalue weighted by atomic mass is 10.1. The van der Waals surface area contributed by atoms with Crippen molar-refractivity contribution in [2.45, 2.75) is 17.7 Å². The maximum Gasteiger partial charge on any atom is 0.128 e. The van der Waals surface area contributed by atoms with Crippen molar-refractivity contribution in [1.29, 1.82) is 0 Å². The number of aromatic nitrogens is 2. The van der Waals surface area contributed by atoms with Gasteiger partial charge < -0.3 is 4.74 Å². The van der Waals surface area contributed by atoms with E-state index < -0.39 is 0 Å². The molecule has 0 bridgehead atoms. The van der Waals surface area contributed by atoms with Crippen molar-refractivity contribution in [3.05, 3.63) is 71.8 Å². The van der Waals surface area contributed by atoms with Crippen LogP contribution in [0.4, 0.5) is 0 Å². The van der Waals surface area contributed by atoms with Crippen LogP contribution in [0.25, 0.3) is 11.3 Å². The Bertz CT molecular complexity index is 787. The minimum Gasteiger partial charge on any atom is -0.496 e. The monoisotopic (exact) mass is 322 g/mol. The molecule has 4 heteroatoms. The minimum absolute atomic E-state index is 0.808. The fraction of sp³-hybridized carbons (Fsp3) is 0.158. The Balaban J connectivity index is 1.74. The first-order valence-electron chi connectivity index (χ1n) is 7.42. The first-order chi connectivity index (χ1) is 11.3. The summed E-state index contributed by atoms with van der Waals surface area (Å²) in [4.78, 5) is 0. The molecule has 0 aliphatic carbocycles. The van der Waals surface area contributed by atoms with Gasteiger partial charge in [-0.05, 0) is 42.3 Å². The molecule has 1 aromatic heterocycles. The van der Waals surface area contributed by atoms with Gasteiger partial charge in [-0.15, -0.1) is 10.2 Å². The third-order valence-electron chi connectivity index (χ3n) is 3.66. The quantitative estimate of drug-likeness (QED) is 0.635. The summed E-state index contributed by atoms with van der Waals surface area (Å²) in [6.07, 6.45) is 0. The fourth-order valence-corrected chi connectivity index (χ4v) is 3.21. The van der Waals surface area contributed by atoms with Crippen LogP contribution in [0.1, 0.15) is 11.1 Å². The first kappa shape index (κ1) is 15.6. The van der Waals surface area contributed by atoms with Crippen LogP contribution in [-0.2, 0) is 5.75 Å². The molecule has 3 nitrogen and oxygen atoms in total. The van der Waals surface area contributed by atoms with E-state index in [2.05, 4.69) is 41.4 Å². The average Bonchev–Trinajstić information content (AvgIpc) is 2.61. The zero-order chi connectivity index (χ0) is 16.1. The molecule has 0 saturated heterocycles. The van der Waals surface area contributed by atoms with E-state index in [4.69, 9.17) is 4.74 Å². The fourth-order valence-electron chi connectivity index (χ4n) is 2.32. The summed E-state index contributed by atoms with van der Waals surface area (Å²) in [5, 5.41) is 9.60. The summed E-state index contributed by atoms with van der Waals surface area (Å²) in [5.41, 5.74) is 4.41. The Morgan fingerprint density at radius 2 is 1.70 bits per heavy atom. The smallest absolute Gasteiger partial charge is 0.128 e. The SMILES string of the molecule is COc1ccccc1-c1ccc(SCc2ccccc2C)nn1. The van der Waals surface area contributed by atoms with Crippen LogP contribution in [-0.4, -0.2) is 17.3 Å². The maximum absolute atomic E-state index is 5.38. The number of hydrogen-bond donors (Lipinski definition) is 0. The molecule has 3 rings (SSSR count). The lowest BCUT2D eigenvalue weighted by Crippen LogP contribution is -1.93. The van der Waals surface area contributed by atoms with Gasteiger partial charge in [0.05, 0.1) is 12.8 Å². The highest BCUT2D eigenvalue weighted by atomic mass is 32.2. The molecule has 116 valence electrons. The Hall–Kier alpha value is -2.33. The normalized spacial score (nSPS) is 10.5. The molecule has 0 saturated carbocycles. The molecule has 0 unspecified atom stereocenters. The number of aryl methyl sites for hydroxylation is 1. The highest BCUT2D eigenvalue weighted by Crippen LogP contribution is 2.29. The largest absolute Gasteiger partial charge is 0.496 e. The predicted octanol–water partition coefficient (Wildman–Crippen LogP) is 4.75. The van der Waals surface area contributed by atoms with Gasteiger partial charge >= 0.3 is 0 Å². The van der Waals surface area contributed by atoms with E-state index in [1.54, 1.807) is 18.9 Å². The van der Waals surface area contributed by atoms with Gasteiger partial charge in [0.2, 0.25) is 0 Å². The molecule has 0 fully saturated rings. The number of methoxy groups -OCH3 is 1. The molecule has 0 atom stereocenters. The van der Waals surface area contributed by atoms with E-state index in [-0.39, 0.29) is 0 Å². The molecule has 1 heterocycles. The number of thioether (sulfide) groups is 1. The van der Waals surface area contributed by atoms with Gasteiger partial charge in [0.25, 0.3) is 0 Å². The van der Waals surface area contributed by atoms with Crippen LogP contribution in [0.3, 0.4) is 0 Å². The number of rotatable bonds is 5. The molecule has 0 spiro atoms. The Labute approximate surface area is 140 Å². The molecular formula is C19H18N2OS. The van der Waals surface area contributed by atoms with Crippen molar-refractivity contribution in [3.8, 4) is 17.0 Å². The van der Waals surface area contributed by atoms with Gasteiger partial charge in [-0.3, -0.25) is 0 Å². The lowest BCUT2D eigenvalue weighted by Gasteiger charge is -2.08. The van der Waals surface area contributed by atoms with Gasteiger partial charge in [0, 0.05) is 11.3 Å². The Kier molecular flexibility index (Phi) is 4.93. The second kappa shape index (κ2) is 7.29. The summed E-state index contributed by atoms with van der Waals surface area (Å²) in [6, 6.07) is 20.3. The van der Waals surface area contributed by atoms with E-state index in [0.717, 1.165) is 27.8 Å². The highest BCUT2D eigenvalue weighted by Gasteiger charge is 2.07. The van der Waals surface area contributed by atoms with Crippen molar-refractivity contribution in [2.75, 3.05) is 7.11 Å². The van der Waals surface area contributed by atoms with Gasteiger partial charge in [0.15, 0.2) is 0 Å². The van der Waals surface area contributed by atoms with Gasteiger partial charge in [-0.2, -0.15) is 0 Å². The number of para-hydroxylation sites is 1. The van der Waals surface area contributed by atoms with Crippen LogP contribution in [0.15, 0.2) is 65.7 Å². The van der Waals surface area contributed by atoms with Crippen LogP contribution >= 0.6 is 11.8 Å². The molecule has 2 aromatic carbocycles. The van der Waals surface area contributed by atoms with Crippen LogP contribution < -0.4 is 4.74 Å². The van der Waals surface area contributed by atoms with Crippen molar-refractivity contribution in [2.24, 2.45) is 0 Å². The first-order valence-corrected chi connectivity index (χ1v) is 8.41. The Morgan fingerprint density at radius 3 is 2.43 bits per heavy atom. The van der Waals surface area contributed by atoms with Gasteiger partial charge in [-0.25, -0.2) is 0 Å². The van der Waals surface area contributed by atoms with Gasteiger partial charge in [0.1, 0.15) is 10.8 Å². The van der Waals surface area contributed by atoms with E-state index >= 15 is 0 Å². The second-order valence-corrected chi connectivity index (χ2v) is 6.17. The summed E-state index contributed by atoms with van der Waals surface area (Å²) in [6.45, 7) is 2.13. The standard InChI is InChI=1S/C19H18N2OS/c1-14-7-3-4-8-15(14)13-23-19-12-11-17(20-21-19)16-9-5-6-10-18(16)22-2/h3-12H,13H2,1-2H3. The molecule has 3 aromatic rings. The number of nitrogens with zero attached hydrogens (tertiary/aromatic N) is 2. The molecule has 0 aliphatic heterocycles. The molecular weight excluding hydrogens is 304 g/mol. The van der Waals surface area contributed by atoms with E-state index in [9.17, 15) is 0 Å². The number of hydrogen-bond acceptors (Lipinski definition) is 4. The zero-order valence-corrected chi connectivity index (χ0v) is 14.0. The van der Waals surface area contributed by atoms with Crippen molar-refractivity contribution in [1.82, 2.24) is 10.2 Å². The molecule has 0 N–H and O–H groups in total. The van der Waals surface area contributed by atoms with Crippen molar-refractivity contribution >= 4 is 11.8 Å². The van der Waals surface area contributed by atoms with Crippen molar-refractivity contribution in [3.63, 3.8) is 0 Å². The number of ether oxygens (including phenoxy) is 1. The lowest BCUT2D eigenvalue weighted by molar-refractivity contribution is 0.416. The Morgan fingerprint density at radius 1 is 0.913 bits per heavy atom. The molecule has 0 amide bonds. The van der Waals surface area contributed by atoms with E-state index in [1.165, 1.54) is 11.1 Å². The van der Waals surface area contributed by atoms with Crippen LogP contribution in [0, 0.1) is 6.92 Å². The van der Waals surface area contributed by atoms with E-state index in [1.807, 2.05) is 36.4 Å². The van der Waals surface area contributed by atoms with Crippen LogP contribution in [0.2, 0.25) is 0 Å². The third-order valence-corrected chi connectivity index (χ3v) is 4.63. The molecule has 23 heavy (non-hydrogen) atoms. The summed E-state index contributed by atoms with van der Waals surface area (Å²) >= 11 is 1.70. The zero-order valence-electron chi connectivity index (χ0n) is 13.2. The summed E-state index contributed by atoms with van der Waals surface area (Å²) < 4.78 is 5.38. The number of benzene rings is 2. The van der Waals surface area contributed by atoms with E-state index in [0.29, 0.717) is 0 Å². The molecule has 0 radical (unpaired) electrons. The van der Waals surface area contributed by atoms with Gasteiger partial charge in [-0.1, -0.05) is 48.2 Å². The van der Waals surface area contributed by atoms with Crippen molar-refractivity contribution < 1.29 is 4.74 Å². The summed E-state index contributed by atoms with van der Waals surface area (Å²) in [7, 11) is 1.67.